The molecule has 1 N–H and O–H groups in total. The Morgan fingerprint density at radius 1 is 1.11 bits per heavy atom. The molecule has 2 aromatic rings. The van der Waals surface area contributed by atoms with Gasteiger partial charge < -0.3 is 10.1 Å². The Morgan fingerprint density at radius 2 is 1.70 bits per heavy atom. The summed E-state index contributed by atoms with van der Waals surface area (Å²) in [5, 5.41) is 2.46. The van der Waals surface area contributed by atoms with E-state index in [0.29, 0.717) is 10.1 Å². The quantitative estimate of drug-likeness (QED) is 0.740. The van der Waals surface area contributed by atoms with Gasteiger partial charge in [0.2, 0.25) is 10.0 Å². The lowest BCUT2D eigenvalue weighted by molar-refractivity contribution is -0.123. The van der Waals surface area contributed by atoms with Crippen molar-refractivity contribution in [3.63, 3.8) is 0 Å². The summed E-state index contributed by atoms with van der Waals surface area (Å²) in [6.07, 6.45) is 0.835. The van der Waals surface area contributed by atoms with Crippen LogP contribution in [-0.2, 0) is 14.8 Å². The van der Waals surface area contributed by atoms with Gasteiger partial charge in [-0.1, -0.05) is 23.8 Å². The lowest BCUT2D eigenvalue weighted by atomic mass is 10.2. The Balaban J connectivity index is 1.94. The maximum Gasteiger partial charge on any atom is 0.258 e. The minimum Gasteiger partial charge on any atom is -0.484 e. The fraction of sp³-hybridized carbons (Fsp3) is 0.278. The molecular formula is C18H20F2N2O4S. The van der Waals surface area contributed by atoms with Crippen molar-refractivity contribution in [1.29, 1.82) is 0 Å². The van der Waals surface area contributed by atoms with Crippen molar-refractivity contribution in [2.45, 2.75) is 6.92 Å². The third-order valence-corrected chi connectivity index (χ3v) is 4.78. The van der Waals surface area contributed by atoms with Gasteiger partial charge in [-0.05, 0) is 31.2 Å². The molecule has 0 aliphatic carbocycles. The van der Waals surface area contributed by atoms with E-state index >= 15 is 0 Å². The monoisotopic (exact) mass is 398 g/mol. The summed E-state index contributed by atoms with van der Waals surface area (Å²) in [6, 6.07) is 10.2. The maximum atomic E-state index is 13.9. The van der Waals surface area contributed by atoms with E-state index in [2.05, 4.69) is 5.32 Å². The summed E-state index contributed by atoms with van der Waals surface area (Å²) in [4.78, 5) is 11.8. The summed E-state index contributed by atoms with van der Waals surface area (Å²) in [7, 11) is -3.95. The number of nitrogens with zero attached hydrogens (tertiary/aromatic N) is 1. The number of hydrogen-bond acceptors (Lipinski definition) is 4. The smallest absolute Gasteiger partial charge is 0.258 e. The Labute approximate surface area is 156 Å². The second-order valence-corrected chi connectivity index (χ2v) is 7.76. The number of carbonyl (C=O) groups is 1. The Morgan fingerprint density at radius 3 is 2.26 bits per heavy atom. The predicted octanol–water partition coefficient (Wildman–Crippen LogP) is 2.23. The molecule has 0 aliphatic heterocycles. The third-order valence-electron chi connectivity index (χ3n) is 3.62. The third kappa shape index (κ3) is 5.92. The van der Waals surface area contributed by atoms with Gasteiger partial charge in [0, 0.05) is 6.54 Å². The molecule has 0 unspecified atom stereocenters. The first-order chi connectivity index (χ1) is 12.7. The molecule has 27 heavy (non-hydrogen) atoms. The summed E-state index contributed by atoms with van der Waals surface area (Å²) >= 11 is 0. The Hall–Kier alpha value is -2.68. The van der Waals surface area contributed by atoms with E-state index < -0.39 is 33.3 Å². The molecule has 0 bridgehead atoms. The van der Waals surface area contributed by atoms with Crippen molar-refractivity contribution in [2.75, 3.05) is 30.3 Å². The van der Waals surface area contributed by atoms with E-state index in [4.69, 9.17) is 4.74 Å². The van der Waals surface area contributed by atoms with E-state index in [1.165, 1.54) is 0 Å². The van der Waals surface area contributed by atoms with Gasteiger partial charge in [-0.2, -0.15) is 0 Å². The maximum absolute atomic E-state index is 13.9. The normalized spacial score (nSPS) is 11.1. The van der Waals surface area contributed by atoms with Gasteiger partial charge in [0.15, 0.2) is 18.2 Å². The van der Waals surface area contributed by atoms with E-state index in [1.54, 1.807) is 12.1 Å². The van der Waals surface area contributed by atoms with E-state index in [1.807, 2.05) is 19.1 Å². The zero-order valence-corrected chi connectivity index (χ0v) is 15.7. The average Bonchev–Trinajstić information content (AvgIpc) is 2.58. The average molecular weight is 398 g/mol. The van der Waals surface area contributed by atoms with Gasteiger partial charge in [-0.3, -0.25) is 9.10 Å². The van der Waals surface area contributed by atoms with Crippen LogP contribution in [0.5, 0.6) is 5.75 Å². The standard InChI is InChI=1S/C18H20F2N2O4S/c1-13-6-8-14(9-7-13)26-12-17(23)21-10-11-22(27(2,24)25)18-15(19)4-3-5-16(18)20/h3-9H,10-12H2,1-2H3,(H,21,23). The number of anilines is 1. The highest BCUT2D eigenvalue weighted by Crippen LogP contribution is 2.24. The minimum atomic E-state index is -3.95. The fourth-order valence-electron chi connectivity index (χ4n) is 2.30. The van der Waals surface area contributed by atoms with Crippen LogP contribution in [0.2, 0.25) is 0 Å². The summed E-state index contributed by atoms with van der Waals surface area (Å²) < 4.78 is 57.5. The van der Waals surface area contributed by atoms with Crippen molar-refractivity contribution in [2.24, 2.45) is 0 Å². The molecule has 0 saturated heterocycles. The van der Waals surface area contributed by atoms with Crippen LogP contribution in [0, 0.1) is 18.6 Å². The van der Waals surface area contributed by atoms with E-state index in [-0.39, 0.29) is 19.7 Å². The summed E-state index contributed by atoms with van der Waals surface area (Å²) in [5.74, 6) is -1.98. The number of halogens is 2. The van der Waals surface area contributed by atoms with Crippen molar-refractivity contribution < 1.29 is 26.7 Å². The molecule has 0 aliphatic rings. The van der Waals surface area contributed by atoms with Crippen LogP contribution in [-0.4, -0.2) is 40.3 Å². The number of sulfonamides is 1. The van der Waals surface area contributed by atoms with Gasteiger partial charge in [0.1, 0.15) is 11.4 Å². The number of rotatable bonds is 8. The number of para-hydroxylation sites is 1. The molecule has 0 heterocycles. The number of carbonyl (C=O) groups excluding carboxylic acids is 1. The number of aryl methyl sites for hydroxylation is 1. The summed E-state index contributed by atoms with van der Waals surface area (Å²) in [6.45, 7) is 1.18. The highest BCUT2D eigenvalue weighted by atomic mass is 32.2. The first-order valence-corrected chi connectivity index (χ1v) is 9.91. The highest BCUT2D eigenvalue weighted by molar-refractivity contribution is 7.92. The fourth-order valence-corrected chi connectivity index (χ4v) is 3.23. The zero-order valence-electron chi connectivity index (χ0n) is 14.9. The minimum absolute atomic E-state index is 0.142. The second kappa shape index (κ2) is 8.81. The molecular weight excluding hydrogens is 378 g/mol. The zero-order chi connectivity index (χ0) is 20.0. The molecule has 1 amide bonds. The van der Waals surface area contributed by atoms with Crippen LogP contribution in [0.25, 0.3) is 0 Å². The van der Waals surface area contributed by atoms with Gasteiger partial charge in [0.05, 0.1) is 12.8 Å². The molecule has 0 spiro atoms. The first-order valence-electron chi connectivity index (χ1n) is 8.06. The number of amides is 1. The van der Waals surface area contributed by atoms with Crippen LogP contribution in [0.15, 0.2) is 42.5 Å². The highest BCUT2D eigenvalue weighted by Gasteiger charge is 2.24. The van der Waals surface area contributed by atoms with Crippen LogP contribution >= 0.6 is 0 Å². The molecule has 0 fully saturated rings. The van der Waals surface area contributed by atoms with Gasteiger partial charge in [-0.25, -0.2) is 17.2 Å². The molecule has 6 nitrogen and oxygen atoms in total. The molecule has 0 radical (unpaired) electrons. The number of nitrogens with one attached hydrogen (secondary N) is 1. The van der Waals surface area contributed by atoms with Gasteiger partial charge in [0.25, 0.3) is 5.91 Å². The van der Waals surface area contributed by atoms with E-state index in [0.717, 1.165) is 30.0 Å². The number of benzene rings is 2. The molecule has 0 saturated carbocycles. The van der Waals surface area contributed by atoms with Crippen LogP contribution in [0.3, 0.4) is 0 Å². The van der Waals surface area contributed by atoms with Crippen molar-refractivity contribution in [3.8, 4) is 5.75 Å². The predicted molar refractivity (Wildman–Crippen MR) is 98.2 cm³/mol. The lowest BCUT2D eigenvalue weighted by Crippen LogP contribution is -2.40. The SMILES string of the molecule is Cc1ccc(OCC(=O)NCCN(c2c(F)cccc2F)S(C)(=O)=O)cc1. The molecule has 2 rings (SSSR count). The Kier molecular flexibility index (Phi) is 6.73. The second-order valence-electron chi connectivity index (χ2n) is 5.86. The first kappa shape index (κ1) is 20.6. The molecule has 146 valence electrons. The topological polar surface area (TPSA) is 75.7 Å². The summed E-state index contributed by atoms with van der Waals surface area (Å²) in [5.41, 5.74) is 0.373. The number of ether oxygens (including phenoxy) is 1. The van der Waals surface area contributed by atoms with Crippen molar-refractivity contribution >= 4 is 21.6 Å². The van der Waals surface area contributed by atoms with Gasteiger partial charge in [-0.15, -0.1) is 0 Å². The van der Waals surface area contributed by atoms with Crippen LogP contribution in [0.1, 0.15) is 5.56 Å². The molecule has 2 aromatic carbocycles. The molecule has 0 aromatic heterocycles. The van der Waals surface area contributed by atoms with Crippen molar-refractivity contribution in [1.82, 2.24) is 5.32 Å². The van der Waals surface area contributed by atoms with E-state index in [9.17, 15) is 22.0 Å². The Bertz CT molecular complexity index is 882. The largest absolute Gasteiger partial charge is 0.484 e. The number of hydrogen-bond donors (Lipinski definition) is 1. The molecule has 9 heteroatoms. The van der Waals surface area contributed by atoms with Crippen LogP contribution in [0.4, 0.5) is 14.5 Å². The lowest BCUT2D eigenvalue weighted by Gasteiger charge is -2.23. The van der Waals surface area contributed by atoms with Gasteiger partial charge >= 0.3 is 0 Å². The van der Waals surface area contributed by atoms with Crippen LogP contribution < -0.4 is 14.4 Å². The molecule has 0 atom stereocenters. The van der Waals surface area contributed by atoms with Crippen molar-refractivity contribution in [3.05, 3.63) is 59.7 Å².